The number of pyridine rings is 1. The molecule has 0 amide bonds. The minimum absolute atomic E-state index is 0.0835. The maximum atomic E-state index is 5.87. The third-order valence-corrected chi connectivity index (χ3v) is 3.21. The van der Waals surface area contributed by atoms with Crippen LogP contribution in [0.2, 0.25) is 0 Å². The molecule has 1 aromatic rings. The second-order valence-corrected chi connectivity index (χ2v) is 4.31. The van der Waals surface area contributed by atoms with Gasteiger partial charge in [-0.05, 0) is 25.0 Å². The normalized spacial score (nSPS) is 18.7. The molecule has 5 nitrogen and oxygen atoms in total. The molecule has 0 aliphatic carbocycles. The summed E-state index contributed by atoms with van der Waals surface area (Å²) >= 11 is 0. The molecule has 0 unspecified atom stereocenters. The highest BCUT2D eigenvalue weighted by atomic mass is 16.5. The summed E-state index contributed by atoms with van der Waals surface area (Å²) in [6.45, 7) is 2.09. The molecule has 1 aromatic heterocycles. The van der Waals surface area contributed by atoms with Crippen LogP contribution in [0.4, 0.5) is 5.82 Å². The van der Waals surface area contributed by atoms with Gasteiger partial charge in [-0.2, -0.15) is 0 Å². The van der Waals surface area contributed by atoms with Gasteiger partial charge in [0.05, 0.1) is 18.8 Å². The lowest BCUT2D eigenvalue weighted by Crippen LogP contribution is -2.49. The van der Waals surface area contributed by atoms with E-state index in [0.29, 0.717) is 6.54 Å². The lowest BCUT2D eigenvalue weighted by molar-refractivity contribution is 0.0627. The Morgan fingerprint density at radius 2 is 2.24 bits per heavy atom. The Morgan fingerprint density at radius 1 is 1.47 bits per heavy atom. The zero-order chi connectivity index (χ0) is 12.1. The highest BCUT2D eigenvalue weighted by molar-refractivity contribution is 5.40. The molecule has 17 heavy (non-hydrogen) atoms. The number of hydrogen-bond donors (Lipinski definition) is 2. The van der Waals surface area contributed by atoms with Crippen molar-refractivity contribution in [3.63, 3.8) is 0 Å². The number of hydrogen-bond acceptors (Lipinski definition) is 5. The summed E-state index contributed by atoms with van der Waals surface area (Å²) in [5, 5.41) is 3.42. The molecule has 0 radical (unpaired) electrons. The Kier molecular flexibility index (Phi) is 3.81. The van der Waals surface area contributed by atoms with Crippen LogP contribution < -0.4 is 15.8 Å². The maximum absolute atomic E-state index is 5.87. The monoisotopic (exact) mass is 237 g/mol. The molecule has 2 rings (SSSR count). The molecular weight excluding hydrogens is 218 g/mol. The lowest BCUT2D eigenvalue weighted by atomic mass is 9.90. The number of nitrogens with zero attached hydrogens (tertiary/aromatic N) is 1. The van der Waals surface area contributed by atoms with Crippen molar-refractivity contribution in [2.24, 2.45) is 5.73 Å². The third kappa shape index (κ3) is 2.87. The van der Waals surface area contributed by atoms with E-state index in [2.05, 4.69) is 10.3 Å². The van der Waals surface area contributed by atoms with Gasteiger partial charge in [0.1, 0.15) is 11.6 Å². The van der Waals surface area contributed by atoms with Crippen molar-refractivity contribution in [1.29, 1.82) is 0 Å². The van der Waals surface area contributed by atoms with Crippen molar-refractivity contribution in [3.8, 4) is 5.75 Å². The first kappa shape index (κ1) is 12.1. The molecule has 1 aliphatic rings. The highest BCUT2D eigenvalue weighted by Crippen LogP contribution is 2.24. The Hall–Kier alpha value is -1.33. The average molecular weight is 237 g/mol. The van der Waals surface area contributed by atoms with Crippen molar-refractivity contribution in [1.82, 2.24) is 4.98 Å². The second kappa shape index (κ2) is 5.33. The van der Waals surface area contributed by atoms with Gasteiger partial charge in [0.25, 0.3) is 0 Å². The quantitative estimate of drug-likeness (QED) is 0.818. The number of rotatable bonds is 4. The van der Waals surface area contributed by atoms with Crippen LogP contribution in [-0.4, -0.2) is 37.4 Å². The van der Waals surface area contributed by atoms with E-state index < -0.39 is 0 Å². The van der Waals surface area contributed by atoms with Gasteiger partial charge in [-0.3, -0.25) is 0 Å². The molecule has 0 saturated carbocycles. The van der Waals surface area contributed by atoms with Crippen LogP contribution in [0.5, 0.6) is 5.75 Å². The molecule has 5 heteroatoms. The van der Waals surface area contributed by atoms with Crippen molar-refractivity contribution in [3.05, 3.63) is 18.3 Å². The van der Waals surface area contributed by atoms with Crippen LogP contribution in [0, 0.1) is 0 Å². The van der Waals surface area contributed by atoms with Crippen molar-refractivity contribution >= 4 is 5.82 Å². The zero-order valence-electron chi connectivity index (χ0n) is 10.1. The van der Waals surface area contributed by atoms with Gasteiger partial charge in [0.2, 0.25) is 0 Å². The number of ether oxygens (including phenoxy) is 2. The Morgan fingerprint density at radius 3 is 2.76 bits per heavy atom. The number of nitrogens with one attached hydrogen (secondary N) is 1. The number of methoxy groups -OCH3 is 1. The van der Waals surface area contributed by atoms with Gasteiger partial charge >= 0.3 is 0 Å². The molecule has 94 valence electrons. The van der Waals surface area contributed by atoms with Crippen molar-refractivity contribution in [2.75, 3.05) is 32.2 Å². The number of aromatic nitrogens is 1. The van der Waals surface area contributed by atoms with Crippen LogP contribution in [0.25, 0.3) is 0 Å². The van der Waals surface area contributed by atoms with Gasteiger partial charge in [-0.1, -0.05) is 0 Å². The zero-order valence-corrected chi connectivity index (χ0v) is 10.1. The second-order valence-electron chi connectivity index (χ2n) is 4.31. The molecule has 1 aliphatic heterocycles. The SMILES string of the molecule is COc1ccc(NC2(CN)CCOCC2)nc1. The fraction of sp³-hybridized carbons (Fsp3) is 0.583. The first-order valence-corrected chi connectivity index (χ1v) is 5.84. The van der Waals surface area contributed by atoms with Gasteiger partial charge in [0, 0.05) is 19.8 Å². The predicted molar refractivity (Wildman–Crippen MR) is 66.3 cm³/mol. The first-order chi connectivity index (χ1) is 8.28. The van der Waals surface area contributed by atoms with E-state index in [4.69, 9.17) is 15.2 Å². The molecule has 0 bridgehead atoms. The standard InChI is InChI=1S/C12H19N3O2/c1-16-10-2-3-11(14-8-10)15-12(9-13)4-6-17-7-5-12/h2-3,8H,4-7,9,13H2,1H3,(H,14,15). The van der Waals surface area contributed by atoms with Crippen molar-refractivity contribution < 1.29 is 9.47 Å². The van der Waals surface area contributed by atoms with E-state index in [9.17, 15) is 0 Å². The summed E-state index contributed by atoms with van der Waals surface area (Å²) in [7, 11) is 1.63. The van der Waals surface area contributed by atoms with Crippen molar-refractivity contribution in [2.45, 2.75) is 18.4 Å². The van der Waals surface area contributed by atoms with Gasteiger partial charge < -0.3 is 20.5 Å². The molecule has 1 saturated heterocycles. The van der Waals surface area contributed by atoms with Crippen LogP contribution in [0.3, 0.4) is 0 Å². The highest BCUT2D eigenvalue weighted by Gasteiger charge is 2.31. The van der Waals surface area contributed by atoms with Crippen LogP contribution >= 0.6 is 0 Å². The predicted octanol–water partition coefficient (Wildman–Crippen LogP) is 1.01. The summed E-state index contributed by atoms with van der Waals surface area (Å²) in [5.41, 5.74) is 5.79. The Balaban J connectivity index is 2.06. The molecule has 1 fully saturated rings. The van der Waals surface area contributed by atoms with Gasteiger partial charge in [-0.25, -0.2) is 4.98 Å². The Labute approximate surface area is 101 Å². The topological polar surface area (TPSA) is 69.4 Å². The fourth-order valence-electron chi connectivity index (χ4n) is 1.99. The third-order valence-electron chi connectivity index (χ3n) is 3.21. The molecular formula is C12H19N3O2. The molecule has 3 N–H and O–H groups in total. The molecule has 2 heterocycles. The van der Waals surface area contributed by atoms with E-state index in [1.807, 2.05) is 12.1 Å². The van der Waals surface area contributed by atoms with Gasteiger partial charge in [-0.15, -0.1) is 0 Å². The number of anilines is 1. The summed E-state index contributed by atoms with van der Waals surface area (Å²) in [4.78, 5) is 4.30. The summed E-state index contributed by atoms with van der Waals surface area (Å²) in [6.07, 6.45) is 3.53. The lowest BCUT2D eigenvalue weighted by Gasteiger charge is -2.37. The summed E-state index contributed by atoms with van der Waals surface area (Å²) < 4.78 is 10.4. The van der Waals surface area contributed by atoms with E-state index in [-0.39, 0.29) is 5.54 Å². The van der Waals surface area contributed by atoms with E-state index in [1.54, 1.807) is 13.3 Å². The minimum Gasteiger partial charge on any atom is -0.495 e. The van der Waals surface area contributed by atoms with Crippen LogP contribution in [0.1, 0.15) is 12.8 Å². The van der Waals surface area contributed by atoms with E-state index >= 15 is 0 Å². The molecule has 0 atom stereocenters. The summed E-state index contributed by atoms with van der Waals surface area (Å²) in [5.74, 6) is 1.59. The van der Waals surface area contributed by atoms with E-state index in [0.717, 1.165) is 37.6 Å². The number of nitrogens with two attached hydrogens (primary N) is 1. The average Bonchev–Trinajstić information content (AvgIpc) is 2.41. The Bertz CT molecular complexity index is 347. The molecule has 0 aromatic carbocycles. The van der Waals surface area contributed by atoms with Gasteiger partial charge in [0.15, 0.2) is 0 Å². The first-order valence-electron chi connectivity index (χ1n) is 5.84. The smallest absolute Gasteiger partial charge is 0.137 e. The largest absolute Gasteiger partial charge is 0.495 e. The van der Waals surface area contributed by atoms with E-state index in [1.165, 1.54) is 0 Å². The minimum atomic E-state index is -0.0835. The maximum Gasteiger partial charge on any atom is 0.137 e. The van der Waals surface area contributed by atoms with Crippen LogP contribution in [0.15, 0.2) is 18.3 Å². The van der Waals surface area contributed by atoms with Crippen LogP contribution in [-0.2, 0) is 4.74 Å². The fourth-order valence-corrected chi connectivity index (χ4v) is 1.99. The molecule has 0 spiro atoms. The summed E-state index contributed by atoms with van der Waals surface area (Å²) in [6, 6.07) is 3.80.